The number of aryl methyl sites for hydroxylation is 1. The molecule has 2 aromatic carbocycles. The molecule has 6 heteroatoms. The topological polar surface area (TPSA) is 94.3 Å². The van der Waals surface area contributed by atoms with Crippen LogP contribution < -0.4 is 11.1 Å². The summed E-state index contributed by atoms with van der Waals surface area (Å²) < 4.78 is 5.49. The van der Waals surface area contributed by atoms with Crippen LogP contribution in [0.5, 0.6) is 0 Å². The molecule has 6 nitrogen and oxygen atoms in total. The molecule has 4 rings (SSSR count). The first-order valence-electron chi connectivity index (χ1n) is 12.1. The molecular weight excluding hydrogens is 438 g/mol. The van der Waals surface area contributed by atoms with E-state index in [1.165, 1.54) is 24.5 Å². The molecule has 0 spiro atoms. The number of hydrogen-bond donors (Lipinski definition) is 2. The first-order valence-corrected chi connectivity index (χ1v) is 12.1. The Morgan fingerprint density at radius 1 is 1.14 bits per heavy atom. The lowest BCUT2D eigenvalue weighted by Crippen LogP contribution is -2.32. The molecule has 1 aliphatic carbocycles. The Morgan fingerprint density at radius 2 is 1.86 bits per heavy atom. The van der Waals surface area contributed by atoms with Crippen LogP contribution in [0.4, 0.5) is 4.79 Å². The van der Waals surface area contributed by atoms with Crippen LogP contribution in [-0.2, 0) is 22.5 Å². The van der Waals surface area contributed by atoms with E-state index in [1.807, 2.05) is 39.0 Å². The Hall–Kier alpha value is -3.67. The van der Waals surface area contributed by atoms with Crippen LogP contribution >= 0.6 is 0 Å². The summed E-state index contributed by atoms with van der Waals surface area (Å²) in [7, 11) is 0. The van der Waals surface area contributed by atoms with E-state index in [0.29, 0.717) is 12.5 Å². The van der Waals surface area contributed by atoms with Crippen LogP contribution in [0.15, 0.2) is 48.5 Å². The zero-order valence-electron chi connectivity index (χ0n) is 20.9. The first kappa shape index (κ1) is 24.5. The second-order valence-corrected chi connectivity index (χ2v) is 10.3. The van der Waals surface area contributed by atoms with Crippen molar-refractivity contribution in [3.63, 3.8) is 0 Å². The fraction of sp³-hybridized carbons (Fsp3) is 0.345. The van der Waals surface area contributed by atoms with Gasteiger partial charge in [0.05, 0.1) is 5.52 Å². The zero-order chi connectivity index (χ0) is 25.2. The second kappa shape index (κ2) is 9.90. The monoisotopic (exact) mass is 471 g/mol. The molecule has 0 radical (unpaired) electrons. The maximum atomic E-state index is 12.5. The number of alkyl carbamates (subject to hydrolysis) is 1. The number of ether oxygens (including phenoxy) is 1. The highest BCUT2D eigenvalue weighted by Gasteiger charge is 2.26. The highest BCUT2D eigenvalue weighted by atomic mass is 16.6. The van der Waals surface area contributed by atoms with Crippen molar-refractivity contribution in [1.82, 2.24) is 10.3 Å². The summed E-state index contributed by atoms with van der Waals surface area (Å²) in [5, 5.41) is 3.91. The molecular formula is C29H33N3O3. The van der Waals surface area contributed by atoms with Gasteiger partial charge in [-0.1, -0.05) is 35.9 Å². The molecule has 0 atom stereocenters. The van der Waals surface area contributed by atoms with Crippen molar-refractivity contribution < 1.29 is 14.3 Å². The van der Waals surface area contributed by atoms with E-state index in [2.05, 4.69) is 36.5 Å². The minimum atomic E-state index is -0.579. The van der Waals surface area contributed by atoms with E-state index in [9.17, 15) is 9.59 Å². The minimum absolute atomic E-state index is 0.310. The van der Waals surface area contributed by atoms with Gasteiger partial charge in [0.2, 0.25) is 5.91 Å². The van der Waals surface area contributed by atoms with Crippen molar-refractivity contribution in [3.8, 4) is 11.1 Å². The van der Waals surface area contributed by atoms with Gasteiger partial charge in [-0.25, -0.2) is 4.79 Å². The molecule has 1 fully saturated rings. The largest absolute Gasteiger partial charge is 0.444 e. The molecule has 2 amide bonds. The van der Waals surface area contributed by atoms with Gasteiger partial charge < -0.3 is 15.8 Å². The summed E-state index contributed by atoms with van der Waals surface area (Å²) in [4.78, 5) is 28.9. The Kier molecular flexibility index (Phi) is 6.92. The number of benzene rings is 2. The van der Waals surface area contributed by atoms with Crippen LogP contribution in [0.25, 0.3) is 28.1 Å². The Morgan fingerprint density at radius 3 is 2.49 bits per heavy atom. The molecule has 3 aromatic rings. The van der Waals surface area contributed by atoms with Gasteiger partial charge >= 0.3 is 6.09 Å². The summed E-state index contributed by atoms with van der Waals surface area (Å²) in [6.45, 7) is 7.92. The smallest absolute Gasteiger partial charge is 0.407 e. The fourth-order valence-corrected chi connectivity index (χ4v) is 4.13. The second-order valence-electron chi connectivity index (χ2n) is 10.3. The Balaban J connectivity index is 1.87. The van der Waals surface area contributed by atoms with E-state index in [4.69, 9.17) is 15.5 Å². The van der Waals surface area contributed by atoms with Crippen LogP contribution in [0.2, 0.25) is 0 Å². The van der Waals surface area contributed by atoms with Crippen LogP contribution in [0.1, 0.15) is 56.0 Å². The highest BCUT2D eigenvalue weighted by molar-refractivity contribution is 5.98. The van der Waals surface area contributed by atoms with Crippen LogP contribution in [0.3, 0.4) is 0 Å². The molecule has 1 aliphatic rings. The van der Waals surface area contributed by atoms with Gasteiger partial charge in [-0.15, -0.1) is 0 Å². The van der Waals surface area contributed by atoms with Crippen molar-refractivity contribution in [3.05, 3.63) is 70.9 Å². The van der Waals surface area contributed by atoms with Gasteiger partial charge in [-0.3, -0.25) is 9.78 Å². The van der Waals surface area contributed by atoms with Gasteiger partial charge in [-0.2, -0.15) is 0 Å². The molecule has 0 unspecified atom stereocenters. The lowest BCUT2D eigenvalue weighted by Gasteiger charge is -2.22. The lowest BCUT2D eigenvalue weighted by atomic mass is 9.91. The van der Waals surface area contributed by atoms with E-state index >= 15 is 0 Å². The number of nitrogens with zero attached hydrogens (tertiary/aromatic N) is 1. The maximum Gasteiger partial charge on any atom is 0.407 e. The van der Waals surface area contributed by atoms with Gasteiger partial charge in [0.1, 0.15) is 5.60 Å². The SMILES string of the molecule is Cc1ccc(-c2c(CNC(=O)OC(C)(C)C)c(CC3CC3)nc3ccc(C=CC(N)=O)cc23)cc1. The normalized spacial score (nSPS) is 13.8. The number of carbonyl (C=O) groups is 2. The fourth-order valence-electron chi connectivity index (χ4n) is 4.13. The summed E-state index contributed by atoms with van der Waals surface area (Å²) in [6.07, 6.45) is 5.89. The molecule has 35 heavy (non-hydrogen) atoms. The van der Waals surface area contributed by atoms with E-state index in [0.717, 1.165) is 45.3 Å². The number of primary amides is 1. The number of nitrogens with two attached hydrogens (primary N) is 1. The number of aromatic nitrogens is 1. The van der Waals surface area contributed by atoms with Gasteiger partial charge in [0.15, 0.2) is 0 Å². The first-order chi connectivity index (χ1) is 16.6. The predicted molar refractivity (Wildman–Crippen MR) is 140 cm³/mol. The molecule has 1 saturated carbocycles. The number of fused-ring (bicyclic) bond motifs is 1. The quantitative estimate of drug-likeness (QED) is 0.433. The Bertz CT molecular complexity index is 1280. The zero-order valence-corrected chi connectivity index (χ0v) is 20.9. The molecule has 1 heterocycles. The summed E-state index contributed by atoms with van der Waals surface area (Å²) >= 11 is 0. The molecule has 3 N–H and O–H groups in total. The van der Waals surface area contributed by atoms with Crippen molar-refractivity contribution in [1.29, 1.82) is 0 Å². The number of hydrogen-bond acceptors (Lipinski definition) is 4. The van der Waals surface area contributed by atoms with Crippen molar-refractivity contribution in [2.24, 2.45) is 11.7 Å². The van der Waals surface area contributed by atoms with Crippen molar-refractivity contribution in [2.75, 3.05) is 0 Å². The van der Waals surface area contributed by atoms with E-state index in [-0.39, 0.29) is 0 Å². The third kappa shape index (κ3) is 6.47. The molecule has 1 aromatic heterocycles. The standard InChI is InChI=1S/C29H33N3O3/c1-18-5-11-21(12-6-18)27-22-15-19(10-14-26(30)33)9-13-24(22)32-25(16-20-7-8-20)23(27)17-31-28(34)35-29(2,3)4/h5-6,9-15,20H,7-8,16-17H2,1-4H3,(H2,30,33)(H,31,34). The minimum Gasteiger partial charge on any atom is -0.444 e. The van der Waals surface area contributed by atoms with Gasteiger partial charge in [-0.05, 0) is 87.8 Å². The predicted octanol–water partition coefficient (Wildman–Crippen LogP) is 5.69. The molecule has 0 saturated heterocycles. The van der Waals surface area contributed by atoms with E-state index < -0.39 is 17.6 Å². The van der Waals surface area contributed by atoms with E-state index in [1.54, 1.807) is 6.08 Å². The van der Waals surface area contributed by atoms with Gasteiger partial charge in [0.25, 0.3) is 0 Å². The summed E-state index contributed by atoms with van der Waals surface area (Å²) in [5.74, 6) is 0.132. The summed E-state index contributed by atoms with van der Waals surface area (Å²) in [6, 6.07) is 14.3. The van der Waals surface area contributed by atoms with Crippen molar-refractivity contribution >= 4 is 29.0 Å². The average Bonchev–Trinajstić information content (AvgIpc) is 3.59. The molecule has 182 valence electrons. The third-order valence-electron chi connectivity index (χ3n) is 5.96. The Labute approximate surface area is 206 Å². The number of amides is 2. The third-order valence-corrected chi connectivity index (χ3v) is 5.96. The van der Waals surface area contributed by atoms with Crippen LogP contribution in [-0.4, -0.2) is 22.6 Å². The molecule has 0 bridgehead atoms. The lowest BCUT2D eigenvalue weighted by molar-refractivity contribution is -0.113. The maximum absolute atomic E-state index is 12.5. The number of pyridine rings is 1. The number of carbonyl (C=O) groups excluding carboxylic acids is 2. The summed E-state index contributed by atoms with van der Waals surface area (Å²) in [5.41, 5.74) is 11.7. The van der Waals surface area contributed by atoms with Gasteiger partial charge in [0, 0.05) is 29.3 Å². The average molecular weight is 472 g/mol. The molecule has 0 aliphatic heterocycles. The number of rotatable bonds is 7. The number of nitrogens with one attached hydrogen (secondary N) is 1. The van der Waals surface area contributed by atoms with Crippen molar-refractivity contribution in [2.45, 2.75) is 59.1 Å². The van der Waals surface area contributed by atoms with Crippen LogP contribution in [0, 0.1) is 12.8 Å². The highest BCUT2D eigenvalue weighted by Crippen LogP contribution is 2.38.